The number of nitrogens with zero attached hydrogens (tertiary/aromatic N) is 1. The molecule has 0 atom stereocenters. The van der Waals surface area contributed by atoms with Gasteiger partial charge in [-0.2, -0.15) is 0 Å². The van der Waals surface area contributed by atoms with E-state index in [0.29, 0.717) is 5.56 Å². The van der Waals surface area contributed by atoms with Gasteiger partial charge in [0.25, 0.3) is 0 Å². The molecule has 0 spiro atoms. The molecule has 0 radical (unpaired) electrons. The SMILES string of the molecule is Cc1c(Sc2cccnc2)sc2ccc(C(=O)O)cc12. The molecule has 2 heterocycles. The van der Waals surface area contributed by atoms with E-state index < -0.39 is 5.97 Å². The van der Waals surface area contributed by atoms with Crippen LogP contribution < -0.4 is 0 Å². The van der Waals surface area contributed by atoms with Crippen LogP contribution in [0.3, 0.4) is 0 Å². The van der Waals surface area contributed by atoms with E-state index in [9.17, 15) is 4.79 Å². The zero-order valence-electron chi connectivity index (χ0n) is 10.7. The molecule has 1 aromatic carbocycles. The number of carbonyl (C=O) groups is 1. The number of aromatic nitrogens is 1. The number of fused-ring (bicyclic) bond motifs is 1. The number of thiophene rings is 1. The van der Waals surface area contributed by atoms with Crippen molar-refractivity contribution in [2.75, 3.05) is 0 Å². The lowest BCUT2D eigenvalue weighted by Gasteiger charge is -1.99. The minimum atomic E-state index is -0.890. The van der Waals surface area contributed by atoms with Crippen molar-refractivity contribution in [1.82, 2.24) is 4.98 Å². The maximum absolute atomic E-state index is 11.0. The van der Waals surface area contributed by atoms with E-state index in [1.54, 1.807) is 41.4 Å². The van der Waals surface area contributed by atoms with E-state index in [0.717, 1.165) is 20.5 Å². The molecule has 2 aromatic heterocycles. The Kier molecular flexibility index (Phi) is 3.46. The van der Waals surface area contributed by atoms with Crippen molar-refractivity contribution in [2.24, 2.45) is 0 Å². The van der Waals surface area contributed by atoms with Crippen molar-refractivity contribution >= 4 is 39.2 Å². The van der Waals surface area contributed by atoms with Crippen LogP contribution >= 0.6 is 23.1 Å². The molecule has 1 N–H and O–H groups in total. The number of hydrogen-bond acceptors (Lipinski definition) is 4. The Morgan fingerprint density at radius 1 is 1.35 bits per heavy atom. The minimum Gasteiger partial charge on any atom is -0.478 e. The summed E-state index contributed by atoms with van der Waals surface area (Å²) in [7, 11) is 0. The number of hydrogen-bond donors (Lipinski definition) is 1. The van der Waals surface area contributed by atoms with E-state index >= 15 is 0 Å². The van der Waals surface area contributed by atoms with Gasteiger partial charge in [-0.25, -0.2) is 4.79 Å². The summed E-state index contributed by atoms with van der Waals surface area (Å²) in [5.41, 5.74) is 1.46. The lowest BCUT2D eigenvalue weighted by atomic mass is 10.1. The smallest absolute Gasteiger partial charge is 0.335 e. The third kappa shape index (κ3) is 2.42. The molecule has 0 unspecified atom stereocenters. The van der Waals surface area contributed by atoms with Gasteiger partial charge >= 0.3 is 5.97 Å². The van der Waals surface area contributed by atoms with Gasteiger partial charge in [0, 0.05) is 22.0 Å². The molecule has 0 saturated carbocycles. The van der Waals surface area contributed by atoms with Crippen LogP contribution in [0.2, 0.25) is 0 Å². The molecule has 0 aliphatic rings. The summed E-state index contributed by atoms with van der Waals surface area (Å²) >= 11 is 3.34. The molecule has 0 aliphatic carbocycles. The third-order valence-corrected chi connectivity index (χ3v) is 5.52. The van der Waals surface area contributed by atoms with Crippen LogP contribution in [0.4, 0.5) is 0 Å². The minimum absolute atomic E-state index is 0.330. The van der Waals surface area contributed by atoms with Gasteiger partial charge in [0.15, 0.2) is 0 Å². The van der Waals surface area contributed by atoms with Crippen LogP contribution in [0.25, 0.3) is 10.1 Å². The van der Waals surface area contributed by atoms with Crippen LogP contribution in [0.5, 0.6) is 0 Å². The van der Waals surface area contributed by atoms with Crippen molar-refractivity contribution < 1.29 is 9.90 Å². The van der Waals surface area contributed by atoms with Gasteiger partial charge in [-0.05, 0) is 48.2 Å². The number of rotatable bonds is 3. The topological polar surface area (TPSA) is 50.2 Å². The van der Waals surface area contributed by atoms with Crippen molar-refractivity contribution in [3.63, 3.8) is 0 Å². The Morgan fingerprint density at radius 2 is 2.20 bits per heavy atom. The second-order valence-corrected chi connectivity index (χ2v) is 6.72. The highest BCUT2D eigenvalue weighted by Crippen LogP contribution is 2.40. The molecule has 0 amide bonds. The zero-order valence-corrected chi connectivity index (χ0v) is 12.3. The standard InChI is InChI=1S/C15H11NO2S2/c1-9-12-7-10(14(17)18)4-5-13(12)20-15(9)19-11-3-2-6-16-8-11/h2-8H,1H3,(H,17,18). The average molecular weight is 301 g/mol. The third-order valence-electron chi connectivity index (χ3n) is 2.98. The highest BCUT2D eigenvalue weighted by Gasteiger charge is 2.12. The second kappa shape index (κ2) is 5.26. The Morgan fingerprint density at radius 3 is 2.90 bits per heavy atom. The number of carboxylic acids is 1. The molecule has 100 valence electrons. The van der Waals surface area contributed by atoms with Crippen LogP contribution in [0.1, 0.15) is 15.9 Å². The Bertz CT molecular complexity index is 781. The van der Waals surface area contributed by atoms with Crippen LogP contribution in [0, 0.1) is 6.92 Å². The van der Waals surface area contributed by atoms with Gasteiger partial charge in [0.05, 0.1) is 9.77 Å². The maximum Gasteiger partial charge on any atom is 0.335 e. The van der Waals surface area contributed by atoms with E-state index in [1.807, 2.05) is 31.3 Å². The molecule has 0 fully saturated rings. The summed E-state index contributed by atoms with van der Waals surface area (Å²) in [6.07, 6.45) is 3.58. The molecular weight excluding hydrogens is 290 g/mol. The van der Waals surface area contributed by atoms with Crippen molar-refractivity contribution in [3.8, 4) is 0 Å². The summed E-state index contributed by atoms with van der Waals surface area (Å²) in [6, 6.07) is 9.21. The first-order valence-corrected chi connectivity index (χ1v) is 7.63. The average Bonchev–Trinajstić information content (AvgIpc) is 2.76. The van der Waals surface area contributed by atoms with E-state index in [1.165, 1.54) is 4.21 Å². The second-order valence-electron chi connectivity index (χ2n) is 4.32. The van der Waals surface area contributed by atoms with Crippen LogP contribution in [-0.2, 0) is 0 Å². The molecule has 0 saturated heterocycles. The first kappa shape index (κ1) is 13.1. The molecule has 5 heteroatoms. The van der Waals surface area contributed by atoms with Gasteiger partial charge in [0.1, 0.15) is 0 Å². The Balaban J connectivity index is 2.05. The van der Waals surface area contributed by atoms with E-state index in [2.05, 4.69) is 4.98 Å². The number of carboxylic acid groups (broad SMARTS) is 1. The normalized spacial score (nSPS) is 10.8. The summed E-state index contributed by atoms with van der Waals surface area (Å²) in [4.78, 5) is 16.2. The molecule has 3 aromatic rings. The molecular formula is C15H11NO2S2. The van der Waals surface area contributed by atoms with Crippen LogP contribution in [0.15, 0.2) is 51.8 Å². The largest absolute Gasteiger partial charge is 0.478 e. The fourth-order valence-corrected chi connectivity index (χ4v) is 4.33. The van der Waals surface area contributed by atoms with Gasteiger partial charge < -0.3 is 5.11 Å². The summed E-state index contributed by atoms with van der Waals surface area (Å²) in [5.74, 6) is -0.890. The quantitative estimate of drug-likeness (QED) is 0.776. The van der Waals surface area contributed by atoms with Gasteiger partial charge in [-0.15, -0.1) is 11.3 Å². The lowest BCUT2D eigenvalue weighted by Crippen LogP contribution is -1.94. The number of benzene rings is 1. The maximum atomic E-state index is 11.0. The Labute approximate surface area is 124 Å². The fraction of sp³-hybridized carbons (Fsp3) is 0.0667. The molecule has 0 bridgehead atoms. The Hall–Kier alpha value is -1.85. The fourth-order valence-electron chi connectivity index (χ4n) is 1.94. The molecule has 0 aliphatic heterocycles. The first-order valence-electron chi connectivity index (χ1n) is 5.99. The first-order chi connectivity index (χ1) is 9.65. The van der Waals surface area contributed by atoms with Crippen molar-refractivity contribution in [1.29, 1.82) is 0 Å². The molecule has 3 rings (SSSR count). The highest BCUT2D eigenvalue weighted by atomic mass is 32.2. The number of aromatic carboxylic acids is 1. The zero-order chi connectivity index (χ0) is 14.1. The van der Waals surface area contributed by atoms with E-state index in [-0.39, 0.29) is 0 Å². The van der Waals surface area contributed by atoms with Crippen molar-refractivity contribution in [2.45, 2.75) is 16.0 Å². The molecule has 3 nitrogen and oxygen atoms in total. The van der Waals surface area contributed by atoms with E-state index in [4.69, 9.17) is 5.11 Å². The predicted octanol–water partition coefficient (Wildman–Crippen LogP) is 4.45. The summed E-state index contributed by atoms with van der Waals surface area (Å²) < 4.78 is 2.29. The lowest BCUT2D eigenvalue weighted by molar-refractivity contribution is 0.0697. The number of aryl methyl sites for hydroxylation is 1. The van der Waals surface area contributed by atoms with Gasteiger partial charge in [0.2, 0.25) is 0 Å². The van der Waals surface area contributed by atoms with Gasteiger partial charge in [-0.3, -0.25) is 4.98 Å². The molecule has 20 heavy (non-hydrogen) atoms. The monoisotopic (exact) mass is 301 g/mol. The van der Waals surface area contributed by atoms with Crippen LogP contribution in [-0.4, -0.2) is 16.1 Å². The van der Waals surface area contributed by atoms with Gasteiger partial charge in [-0.1, -0.05) is 11.8 Å². The van der Waals surface area contributed by atoms with Crippen molar-refractivity contribution in [3.05, 3.63) is 53.9 Å². The number of pyridine rings is 1. The highest BCUT2D eigenvalue weighted by molar-refractivity contribution is 8.01. The summed E-state index contributed by atoms with van der Waals surface area (Å²) in [5, 5.41) is 10.1. The summed E-state index contributed by atoms with van der Waals surface area (Å²) in [6.45, 7) is 2.03. The predicted molar refractivity (Wildman–Crippen MR) is 81.9 cm³/mol.